The molecule has 1 nitrogen and oxygen atoms in total. The van der Waals surface area contributed by atoms with Gasteiger partial charge in [-0.05, 0) is 37.0 Å². The van der Waals surface area contributed by atoms with Crippen LogP contribution in [0.15, 0.2) is 12.2 Å². The molecule has 1 fully saturated rings. The second-order valence-corrected chi connectivity index (χ2v) is 5.10. The maximum Gasteiger partial charge on any atom is 0.426 e. The summed E-state index contributed by atoms with van der Waals surface area (Å²) in [5.41, 5.74) is -4.59. The molecule has 3 atom stereocenters. The van der Waals surface area contributed by atoms with E-state index in [1.807, 2.05) is 6.08 Å². The minimum absolute atomic E-state index is 0.0608. The van der Waals surface area contributed by atoms with Gasteiger partial charge in [0, 0.05) is 0 Å². The molecule has 2 aliphatic carbocycles. The SMILES string of the molecule is OC(C[C@@H]1C[C@@H]2C=C[C@H]1C2)(C(F)(F)F)C(F)(F)F. The molecule has 0 spiro atoms. The monoisotopic (exact) mass is 274 g/mol. The molecule has 0 aromatic carbocycles. The van der Waals surface area contributed by atoms with Crippen LogP contribution in [0.25, 0.3) is 0 Å². The van der Waals surface area contributed by atoms with Crippen LogP contribution < -0.4 is 0 Å². The second kappa shape index (κ2) is 3.88. The van der Waals surface area contributed by atoms with Crippen LogP contribution in [0.5, 0.6) is 0 Å². The summed E-state index contributed by atoms with van der Waals surface area (Å²) in [7, 11) is 0. The Balaban J connectivity index is 2.19. The second-order valence-electron chi connectivity index (χ2n) is 5.10. The van der Waals surface area contributed by atoms with Gasteiger partial charge in [-0.3, -0.25) is 0 Å². The average molecular weight is 274 g/mol. The molecule has 0 unspecified atom stereocenters. The molecule has 0 radical (unpaired) electrons. The lowest BCUT2D eigenvalue weighted by molar-refractivity contribution is -0.373. The van der Waals surface area contributed by atoms with Crippen LogP contribution in [0.4, 0.5) is 26.3 Å². The van der Waals surface area contributed by atoms with E-state index in [1.165, 1.54) is 0 Å². The van der Waals surface area contributed by atoms with Crippen LogP contribution in [-0.4, -0.2) is 23.1 Å². The van der Waals surface area contributed by atoms with E-state index in [0.717, 1.165) is 0 Å². The van der Waals surface area contributed by atoms with Gasteiger partial charge in [0.15, 0.2) is 0 Å². The van der Waals surface area contributed by atoms with Gasteiger partial charge in [0.1, 0.15) is 0 Å². The molecule has 0 aromatic rings. The van der Waals surface area contributed by atoms with Crippen LogP contribution in [0.3, 0.4) is 0 Å². The maximum atomic E-state index is 12.5. The van der Waals surface area contributed by atoms with Crippen LogP contribution in [0.1, 0.15) is 19.3 Å². The predicted octanol–water partition coefficient (Wildman–Crippen LogP) is 3.44. The number of aliphatic hydroxyl groups is 1. The number of allylic oxidation sites excluding steroid dienone is 2. The molecule has 0 amide bonds. The van der Waals surface area contributed by atoms with Crippen molar-refractivity contribution in [1.82, 2.24) is 0 Å². The molecule has 0 heterocycles. The van der Waals surface area contributed by atoms with Crippen molar-refractivity contribution >= 4 is 0 Å². The molecular weight excluding hydrogens is 262 g/mol. The lowest BCUT2D eigenvalue weighted by Gasteiger charge is -2.35. The molecule has 1 N–H and O–H groups in total. The summed E-state index contributed by atoms with van der Waals surface area (Å²) < 4.78 is 75.0. The number of alkyl halides is 6. The molecule has 0 aromatic heterocycles. The van der Waals surface area contributed by atoms with Crippen molar-refractivity contribution in [3.8, 4) is 0 Å². The summed E-state index contributed by atoms with van der Waals surface area (Å²) in [5.74, 6) is -0.967. The van der Waals surface area contributed by atoms with Crippen LogP contribution in [-0.2, 0) is 0 Å². The van der Waals surface area contributed by atoms with Crippen LogP contribution >= 0.6 is 0 Å². The van der Waals surface area contributed by atoms with Crippen molar-refractivity contribution in [2.45, 2.75) is 37.2 Å². The Morgan fingerprint density at radius 1 is 0.944 bits per heavy atom. The Morgan fingerprint density at radius 3 is 1.83 bits per heavy atom. The zero-order valence-electron chi connectivity index (χ0n) is 9.22. The molecule has 1 saturated carbocycles. The van der Waals surface area contributed by atoms with E-state index in [1.54, 1.807) is 6.08 Å². The third-order valence-electron chi connectivity index (χ3n) is 3.91. The van der Waals surface area contributed by atoms with Crippen molar-refractivity contribution in [3.63, 3.8) is 0 Å². The van der Waals surface area contributed by atoms with Gasteiger partial charge in [-0.25, -0.2) is 0 Å². The normalized spacial score (nSPS) is 32.3. The lowest BCUT2D eigenvalue weighted by atomic mass is 9.82. The summed E-state index contributed by atoms with van der Waals surface area (Å²) in [6.45, 7) is 0. The highest BCUT2D eigenvalue weighted by atomic mass is 19.4. The average Bonchev–Trinajstić information content (AvgIpc) is 2.75. The Kier molecular flexibility index (Phi) is 2.96. The highest BCUT2D eigenvalue weighted by Crippen LogP contribution is 2.53. The largest absolute Gasteiger partial charge is 0.426 e. The third-order valence-corrected chi connectivity index (χ3v) is 3.91. The quantitative estimate of drug-likeness (QED) is 0.604. The fraction of sp³-hybridized carbons (Fsp3) is 0.818. The molecular formula is C11H12F6O. The minimum Gasteiger partial charge on any atom is -0.374 e. The van der Waals surface area contributed by atoms with Crippen LogP contribution in [0.2, 0.25) is 0 Å². The van der Waals surface area contributed by atoms with Crippen molar-refractivity contribution in [2.24, 2.45) is 17.8 Å². The van der Waals surface area contributed by atoms with E-state index in [2.05, 4.69) is 0 Å². The standard InChI is InChI=1S/C11H12F6O/c12-10(13,14)9(18,11(15,16)17)5-8-4-6-1-2-7(8)3-6/h1-2,6-8,18H,3-5H2/t6-,7+,8+/m1/s1. The Labute approximate surface area is 99.5 Å². The topological polar surface area (TPSA) is 20.2 Å². The first-order valence-corrected chi connectivity index (χ1v) is 5.59. The summed E-state index contributed by atoms with van der Waals surface area (Å²) in [4.78, 5) is 0. The number of hydrogen-bond donors (Lipinski definition) is 1. The van der Waals surface area contributed by atoms with Gasteiger partial charge in [-0.1, -0.05) is 12.2 Å². The summed E-state index contributed by atoms with van der Waals surface area (Å²) >= 11 is 0. The molecule has 7 heteroatoms. The first-order chi connectivity index (χ1) is 8.04. The fourth-order valence-corrected chi connectivity index (χ4v) is 2.90. The van der Waals surface area contributed by atoms with Gasteiger partial charge in [0.05, 0.1) is 0 Å². The Bertz CT molecular complexity index is 342. The highest BCUT2D eigenvalue weighted by Gasteiger charge is 2.71. The molecule has 18 heavy (non-hydrogen) atoms. The summed E-state index contributed by atoms with van der Waals surface area (Å²) in [6.07, 6.45) is -8.33. The summed E-state index contributed by atoms with van der Waals surface area (Å²) in [5, 5.41) is 9.10. The van der Waals surface area contributed by atoms with E-state index in [9.17, 15) is 26.3 Å². The number of rotatable bonds is 2. The molecule has 2 aliphatic rings. The molecule has 104 valence electrons. The molecule has 0 saturated heterocycles. The zero-order valence-corrected chi connectivity index (χ0v) is 9.22. The van der Waals surface area contributed by atoms with E-state index in [0.29, 0.717) is 6.42 Å². The van der Waals surface area contributed by atoms with E-state index in [-0.39, 0.29) is 18.3 Å². The van der Waals surface area contributed by atoms with Crippen molar-refractivity contribution < 1.29 is 31.4 Å². The van der Waals surface area contributed by atoms with Crippen molar-refractivity contribution in [1.29, 1.82) is 0 Å². The predicted molar refractivity (Wildman–Crippen MR) is 50.5 cm³/mol. The fourth-order valence-electron chi connectivity index (χ4n) is 2.90. The molecule has 2 bridgehead atoms. The van der Waals surface area contributed by atoms with Crippen molar-refractivity contribution in [3.05, 3.63) is 12.2 Å². The van der Waals surface area contributed by atoms with Gasteiger partial charge in [0.25, 0.3) is 5.60 Å². The van der Waals surface area contributed by atoms with Gasteiger partial charge < -0.3 is 5.11 Å². The number of hydrogen-bond acceptors (Lipinski definition) is 1. The first-order valence-electron chi connectivity index (χ1n) is 5.59. The highest BCUT2D eigenvalue weighted by molar-refractivity contribution is 5.12. The van der Waals surface area contributed by atoms with Gasteiger partial charge in [0.2, 0.25) is 0 Å². The number of halogens is 6. The molecule has 0 aliphatic heterocycles. The van der Waals surface area contributed by atoms with Crippen LogP contribution in [0, 0.1) is 17.8 Å². The van der Waals surface area contributed by atoms with Gasteiger partial charge in [-0.2, -0.15) is 26.3 Å². The van der Waals surface area contributed by atoms with Gasteiger partial charge in [-0.15, -0.1) is 0 Å². The third kappa shape index (κ3) is 2.02. The minimum atomic E-state index is -5.70. The van der Waals surface area contributed by atoms with E-state index in [4.69, 9.17) is 5.11 Å². The lowest BCUT2D eigenvalue weighted by Crippen LogP contribution is -2.58. The smallest absolute Gasteiger partial charge is 0.374 e. The van der Waals surface area contributed by atoms with Crippen molar-refractivity contribution in [2.75, 3.05) is 0 Å². The number of fused-ring (bicyclic) bond motifs is 2. The van der Waals surface area contributed by atoms with E-state index >= 15 is 0 Å². The van der Waals surface area contributed by atoms with Gasteiger partial charge >= 0.3 is 12.4 Å². The zero-order chi connectivity index (χ0) is 13.8. The maximum absolute atomic E-state index is 12.5. The Hall–Kier alpha value is -0.720. The summed E-state index contributed by atoms with van der Waals surface area (Å²) in [6, 6.07) is 0. The van der Waals surface area contributed by atoms with E-state index < -0.39 is 30.3 Å². The first kappa shape index (κ1) is 13.7. The Morgan fingerprint density at radius 2 is 1.50 bits per heavy atom. The molecule has 2 rings (SSSR count).